The third-order valence-corrected chi connectivity index (χ3v) is 4.17. The summed E-state index contributed by atoms with van der Waals surface area (Å²) in [5.41, 5.74) is 1.79. The van der Waals surface area contributed by atoms with Crippen LogP contribution in [0.25, 0.3) is 0 Å². The van der Waals surface area contributed by atoms with E-state index in [0.29, 0.717) is 12.8 Å². The molecule has 0 spiro atoms. The second-order valence-electron chi connectivity index (χ2n) is 5.43. The fraction of sp³-hybridized carbons (Fsp3) is 0.533. The number of fused-ring (bicyclic) bond motifs is 1. The van der Waals surface area contributed by atoms with Crippen LogP contribution in [0.2, 0.25) is 0 Å². The first-order valence-corrected chi connectivity index (χ1v) is 7.64. The molecule has 5 heteroatoms. The first-order valence-electron chi connectivity index (χ1n) is 7.07. The SMILES string of the molecule is CCC[C@H](N[C@H]1CCc2cc(P)cc(F)c2C1)C(=O)O. The Morgan fingerprint density at radius 3 is 3.00 bits per heavy atom. The Bertz CT molecular complexity index is 507. The lowest BCUT2D eigenvalue weighted by Crippen LogP contribution is -2.45. The molecule has 0 fully saturated rings. The van der Waals surface area contributed by atoms with Gasteiger partial charge in [-0.15, -0.1) is 9.24 Å². The van der Waals surface area contributed by atoms with Crippen molar-refractivity contribution in [1.29, 1.82) is 0 Å². The molecule has 0 saturated heterocycles. The highest BCUT2D eigenvalue weighted by atomic mass is 31.0. The third-order valence-electron chi connectivity index (χ3n) is 3.84. The Labute approximate surface area is 121 Å². The average Bonchev–Trinajstić information content (AvgIpc) is 2.38. The lowest BCUT2D eigenvalue weighted by Gasteiger charge is -2.28. The summed E-state index contributed by atoms with van der Waals surface area (Å²) in [5.74, 6) is -1.00. The zero-order chi connectivity index (χ0) is 14.7. The molecule has 2 rings (SSSR count). The molecule has 0 saturated carbocycles. The van der Waals surface area contributed by atoms with Crippen molar-refractivity contribution in [2.75, 3.05) is 0 Å². The lowest BCUT2D eigenvalue weighted by atomic mass is 9.87. The van der Waals surface area contributed by atoms with Crippen molar-refractivity contribution in [2.45, 2.75) is 51.1 Å². The van der Waals surface area contributed by atoms with E-state index < -0.39 is 12.0 Å². The number of aliphatic carboxylic acids is 1. The van der Waals surface area contributed by atoms with Gasteiger partial charge in [0.05, 0.1) is 0 Å². The predicted molar refractivity (Wildman–Crippen MR) is 81.0 cm³/mol. The van der Waals surface area contributed by atoms with E-state index in [2.05, 4.69) is 14.6 Å². The molecule has 1 aromatic rings. The largest absolute Gasteiger partial charge is 0.480 e. The maximum absolute atomic E-state index is 14.0. The zero-order valence-corrected chi connectivity index (χ0v) is 12.8. The lowest BCUT2D eigenvalue weighted by molar-refractivity contribution is -0.139. The monoisotopic (exact) mass is 297 g/mol. The first kappa shape index (κ1) is 15.4. The molecule has 0 radical (unpaired) electrons. The maximum Gasteiger partial charge on any atom is 0.320 e. The molecule has 0 aromatic heterocycles. The molecule has 3 atom stereocenters. The molecule has 1 aromatic carbocycles. The van der Waals surface area contributed by atoms with Crippen molar-refractivity contribution in [1.82, 2.24) is 5.32 Å². The van der Waals surface area contributed by atoms with Gasteiger partial charge in [0.1, 0.15) is 11.9 Å². The molecule has 20 heavy (non-hydrogen) atoms. The van der Waals surface area contributed by atoms with E-state index in [1.807, 2.05) is 13.0 Å². The Hall–Kier alpha value is -0.990. The molecule has 1 aliphatic carbocycles. The summed E-state index contributed by atoms with van der Waals surface area (Å²) < 4.78 is 14.0. The van der Waals surface area contributed by atoms with Crippen LogP contribution in [-0.2, 0) is 17.6 Å². The fourth-order valence-corrected chi connectivity index (χ4v) is 3.19. The van der Waals surface area contributed by atoms with Crippen LogP contribution in [0, 0.1) is 5.82 Å². The van der Waals surface area contributed by atoms with E-state index >= 15 is 0 Å². The summed E-state index contributed by atoms with van der Waals surface area (Å²) in [5, 5.41) is 13.2. The molecule has 2 N–H and O–H groups in total. The standard InChI is InChI=1S/C15H21FNO2P/c1-2-3-14(15(18)19)17-10-5-4-9-6-11(20)8-13(16)12(9)7-10/h6,8,10,14,17H,2-5,7,20H2,1H3,(H,18,19)/t10-,14-/m0/s1. The van der Waals surface area contributed by atoms with Crippen molar-refractivity contribution < 1.29 is 14.3 Å². The normalized spacial score (nSPS) is 19.4. The van der Waals surface area contributed by atoms with Crippen LogP contribution in [0.15, 0.2) is 12.1 Å². The molecule has 0 aliphatic heterocycles. The molecule has 0 bridgehead atoms. The van der Waals surface area contributed by atoms with Crippen LogP contribution >= 0.6 is 9.24 Å². The van der Waals surface area contributed by atoms with E-state index in [1.165, 1.54) is 6.07 Å². The summed E-state index contributed by atoms with van der Waals surface area (Å²) in [7, 11) is 2.52. The van der Waals surface area contributed by atoms with Crippen molar-refractivity contribution in [3.63, 3.8) is 0 Å². The van der Waals surface area contributed by atoms with Crippen molar-refractivity contribution in [3.8, 4) is 0 Å². The van der Waals surface area contributed by atoms with Crippen LogP contribution in [0.3, 0.4) is 0 Å². The van der Waals surface area contributed by atoms with Gasteiger partial charge in [0.2, 0.25) is 0 Å². The average molecular weight is 297 g/mol. The Kier molecular flexibility index (Phi) is 5.11. The van der Waals surface area contributed by atoms with Crippen molar-refractivity contribution in [2.24, 2.45) is 0 Å². The summed E-state index contributed by atoms with van der Waals surface area (Å²) in [6.45, 7) is 1.97. The molecule has 1 aliphatic rings. The van der Waals surface area contributed by atoms with Gasteiger partial charge in [-0.1, -0.05) is 19.4 Å². The minimum atomic E-state index is -0.821. The molecule has 0 amide bonds. The highest BCUT2D eigenvalue weighted by Gasteiger charge is 2.26. The van der Waals surface area contributed by atoms with Gasteiger partial charge in [-0.3, -0.25) is 4.79 Å². The molecular formula is C15H21FNO2P. The van der Waals surface area contributed by atoms with Gasteiger partial charge < -0.3 is 10.4 Å². The number of nitrogens with one attached hydrogen (secondary N) is 1. The molecule has 3 nitrogen and oxygen atoms in total. The van der Waals surface area contributed by atoms with Gasteiger partial charge in [-0.05, 0) is 48.2 Å². The third kappa shape index (κ3) is 3.56. The number of carboxylic acids is 1. The summed E-state index contributed by atoms with van der Waals surface area (Å²) in [6, 6.07) is 3.03. The van der Waals surface area contributed by atoms with E-state index in [0.717, 1.165) is 35.7 Å². The van der Waals surface area contributed by atoms with Gasteiger partial charge in [0.25, 0.3) is 0 Å². The summed E-state index contributed by atoms with van der Waals surface area (Å²) in [6.07, 6.45) is 3.64. The second kappa shape index (κ2) is 6.64. The topological polar surface area (TPSA) is 49.3 Å². The van der Waals surface area contributed by atoms with Crippen LogP contribution in [0.5, 0.6) is 0 Å². The van der Waals surface area contributed by atoms with Gasteiger partial charge in [0, 0.05) is 6.04 Å². The van der Waals surface area contributed by atoms with Crippen LogP contribution in [0.1, 0.15) is 37.3 Å². The first-order chi connectivity index (χ1) is 9.51. The number of hydrogen-bond donors (Lipinski definition) is 2. The van der Waals surface area contributed by atoms with Crippen molar-refractivity contribution in [3.05, 3.63) is 29.1 Å². The van der Waals surface area contributed by atoms with Crippen LogP contribution in [-0.4, -0.2) is 23.2 Å². The number of hydrogen-bond acceptors (Lipinski definition) is 2. The second-order valence-corrected chi connectivity index (χ2v) is 6.09. The predicted octanol–water partition coefficient (Wildman–Crippen LogP) is 2.03. The van der Waals surface area contributed by atoms with Gasteiger partial charge in [-0.25, -0.2) is 4.39 Å². The van der Waals surface area contributed by atoms with Crippen LogP contribution in [0.4, 0.5) is 4.39 Å². The van der Waals surface area contributed by atoms with Crippen LogP contribution < -0.4 is 10.6 Å². The highest BCUT2D eigenvalue weighted by molar-refractivity contribution is 7.27. The van der Waals surface area contributed by atoms with E-state index in [-0.39, 0.29) is 11.9 Å². The Morgan fingerprint density at radius 2 is 2.35 bits per heavy atom. The van der Waals surface area contributed by atoms with E-state index in [9.17, 15) is 14.3 Å². The molecule has 1 unspecified atom stereocenters. The Balaban J connectivity index is 2.09. The number of halogens is 1. The van der Waals surface area contributed by atoms with Gasteiger partial charge >= 0.3 is 5.97 Å². The van der Waals surface area contributed by atoms with Crippen molar-refractivity contribution >= 4 is 20.5 Å². The number of carbonyl (C=O) groups is 1. The smallest absolute Gasteiger partial charge is 0.320 e. The Morgan fingerprint density at radius 1 is 1.60 bits per heavy atom. The summed E-state index contributed by atoms with van der Waals surface area (Å²) in [4.78, 5) is 11.2. The summed E-state index contributed by atoms with van der Waals surface area (Å²) >= 11 is 0. The fourth-order valence-electron chi connectivity index (χ4n) is 2.84. The number of benzene rings is 1. The number of rotatable bonds is 5. The van der Waals surface area contributed by atoms with Gasteiger partial charge in [-0.2, -0.15) is 0 Å². The number of aryl methyl sites for hydroxylation is 1. The minimum Gasteiger partial charge on any atom is -0.480 e. The van der Waals surface area contributed by atoms with Gasteiger partial charge in [0.15, 0.2) is 0 Å². The molecule has 0 heterocycles. The molecular weight excluding hydrogens is 276 g/mol. The number of carboxylic acid groups (broad SMARTS) is 1. The van der Waals surface area contributed by atoms with E-state index in [1.54, 1.807) is 0 Å². The highest BCUT2D eigenvalue weighted by Crippen LogP contribution is 2.24. The zero-order valence-electron chi connectivity index (χ0n) is 11.7. The maximum atomic E-state index is 14.0. The quantitative estimate of drug-likeness (QED) is 0.818. The molecule has 110 valence electrons. The minimum absolute atomic E-state index is 0.0417. The van der Waals surface area contributed by atoms with E-state index in [4.69, 9.17) is 0 Å².